The van der Waals surface area contributed by atoms with E-state index in [0.29, 0.717) is 6.42 Å². The van der Waals surface area contributed by atoms with Crippen LogP contribution in [0.4, 0.5) is 0 Å². The molecule has 0 fully saturated rings. The minimum absolute atomic E-state index is 0.250. The lowest BCUT2D eigenvalue weighted by atomic mass is 10.4. The maximum atomic E-state index is 9.40. The van der Waals surface area contributed by atoms with E-state index in [2.05, 4.69) is 0 Å². The van der Waals surface area contributed by atoms with Gasteiger partial charge in [-0.25, -0.2) is 0 Å². The number of aliphatic hydroxyl groups is 1. The molecule has 0 rings (SSSR count). The molecule has 2 nitrogen and oxygen atoms in total. The molecule has 0 heterocycles. The van der Waals surface area contributed by atoms with E-state index in [1.165, 1.54) is 0 Å². The van der Waals surface area contributed by atoms with E-state index in [9.17, 15) is 4.79 Å². The highest BCUT2D eigenvalue weighted by Gasteiger charge is 1.66. The molecule has 50 valence electrons. The average Bonchev–Trinajstić information content (AvgIpc) is 1.71. The minimum Gasteiger partial charge on any atom is -0.397 e. The van der Waals surface area contributed by atoms with E-state index in [1.54, 1.807) is 6.92 Å². The van der Waals surface area contributed by atoms with Gasteiger partial charge in [0, 0.05) is 13.0 Å². The van der Waals surface area contributed by atoms with Crippen molar-refractivity contribution in [3.05, 3.63) is 0 Å². The summed E-state index contributed by atoms with van der Waals surface area (Å²) in [6.07, 6.45) is 2.61. The van der Waals surface area contributed by atoms with Crippen molar-refractivity contribution in [3.8, 4) is 0 Å². The van der Waals surface area contributed by atoms with E-state index >= 15 is 0 Å². The zero-order valence-corrected chi connectivity index (χ0v) is 5.55. The second kappa shape index (κ2) is 15.9. The second-order valence-electron chi connectivity index (χ2n) is 1.27. The molecule has 0 aromatic rings. The van der Waals surface area contributed by atoms with E-state index in [1.807, 2.05) is 6.92 Å². The normalized spacial score (nSPS) is 6.88. The zero-order chi connectivity index (χ0) is 6.83. The molecule has 0 saturated carbocycles. The summed E-state index contributed by atoms with van der Waals surface area (Å²) in [4.78, 5) is 9.40. The first-order valence-electron chi connectivity index (χ1n) is 2.87. The summed E-state index contributed by atoms with van der Waals surface area (Å²) in [5.41, 5.74) is 0. The molecule has 0 atom stereocenters. The van der Waals surface area contributed by atoms with Gasteiger partial charge in [-0.1, -0.05) is 6.92 Å². The van der Waals surface area contributed by atoms with Crippen molar-refractivity contribution in [2.75, 3.05) is 6.61 Å². The molecule has 0 radical (unpaired) electrons. The van der Waals surface area contributed by atoms with Crippen molar-refractivity contribution in [2.24, 2.45) is 0 Å². The number of rotatable bonds is 2. The lowest BCUT2D eigenvalue weighted by Gasteiger charge is -1.68. The number of unbranched alkanes of at least 4 members (excludes halogenated alkanes) is 1. The Balaban J connectivity index is 0. The van der Waals surface area contributed by atoms with Crippen LogP contribution in [0, 0.1) is 0 Å². The van der Waals surface area contributed by atoms with Gasteiger partial charge in [0.1, 0.15) is 6.29 Å². The fraction of sp³-hybridized carbons (Fsp3) is 0.833. The second-order valence-corrected chi connectivity index (χ2v) is 1.27. The average molecular weight is 118 g/mol. The molecule has 0 saturated heterocycles. The Bertz CT molecular complexity index is 35.5. The molecule has 0 aliphatic heterocycles. The highest BCUT2D eigenvalue weighted by atomic mass is 16.2. The topological polar surface area (TPSA) is 37.3 Å². The highest BCUT2D eigenvalue weighted by Crippen LogP contribution is 1.74. The SMILES string of the molecule is CCCC=O.CCO. The van der Waals surface area contributed by atoms with Crippen molar-refractivity contribution >= 4 is 6.29 Å². The standard InChI is InChI=1S/C4H8O.C2H6O/c1-2-3-4-5;1-2-3/h4H,2-3H2,1H3;3H,2H2,1H3. The van der Waals surface area contributed by atoms with Crippen LogP contribution in [-0.2, 0) is 4.79 Å². The molecule has 8 heavy (non-hydrogen) atoms. The monoisotopic (exact) mass is 118 g/mol. The largest absolute Gasteiger partial charge is 0.397 e. The summed E-state index contributed by atoms with van der Waals surface area (Å²) in [5, 5.41) is 7.57. The van der Waals surface area contributed by atoms with Crippen LogP contribution in [0.5, 0.6) is 0 Å². The Kier molecular flexibility index (Phi) is 21.1. The number of carbonyl (C=O) groups is 1. The first kappa shape index (κ1) is 10.6. The Morgan fingerprint density at radius 3 is 1.88 bits per heavy atom. The number of hydrogen-bond donors (Lipinski definition) is 1. The summed E-state index contributed by atoms with van der Waals surface area (Å²) in [7, 11) is 0. The molecular formula is C6H14O2. The highest BCUT2D eigenvalue weighted by molar-refractivity contribution is 5.48. The van der Waals surface area contributed by atoms with Crippen molar-refractivity contribution in [1.82, 2.24) is 0 Å². The van der Waals surface area contributed by atoms with Crippen LogP contribution in [-0.4, -0.2) is 18.0 Å². The number of aldehydes is 1. The van der Waals surface area contributed by atoms with Gasteiger partial charge in [0.2, 0.25) is 0 Å². The predicted molar refractivity (Wildman–Crippen MR) is 33.7 cm³/mol. The number of hydrogen-bond acceptors (Lipinski definition) is 2. The smallest absolute Gasteiger partial charge is 0.119 e. The Labute approximate surface area is 50.5 Å². The van der Waals surface area contributed by atoms with Crippen LogP contribution in [0.25, 0.3) is 0 Å². The van der Waals surface area contributed by atoms with Gasteiger partial charge >= 0.3 is 0 Å². The summed E-state index contributed by atoms with van der Waals surface area (Å²) in [6.45, 7) is 3.91. The summed E-state index contributed by atoms with van der Waals surface area (Å²) >= 11 is 0. The third kappa shape index (κ3) is 45.4. The number of aliphatic hydroxyl groups excluding tert-OH is 1. The number of carbonyl (C=O) groups excluding carboxylic acids is 1. The Morgan fingerprint density at radius 2 is 1.88 bits per heavy atom. The van der Waals surface area contributed by atoms with Crippen LogP contribution >= 0.6 is 0 Å². The minimum atomic E-state index is 0.250. The van der Waals surface area contributed by atoms with Gasteiger partial charge in [-0.15, -0.1) is 0 Å². The molecule has 0 aromatic carbocycles. The van der Waals surface area contributed by atoms with E-state index in [0.717, 1.165) is 12.7 Å². The molecule has 0 aliphatic rings. The van der Waals surface area contributed by atoms with E-state index in [-0.39, 0.29) is 6.61 Å². The molecule has 0 unspecified atom stereocenters. The third-order valence-corrected chi connectivity index (χ3v) is 0.407. The predicted octanol–water partition coefficient (Wildman–Crippen LogP) is 0.984. The van der Waals surface area contributed by atoms with Gasteiger partial charge in [0.25, 0.3) is 0 Å². The molecule has 0 spiro atoms. The van der Waals surface area contributed by atoms with Crippen LogP contribution in [0.2, 0.25) is 0 Å². The molecule has 0 aromatic heterocycles. The quantitative estimate of drug-likeness (QED) is 0.549. The van der Waals surface area contributed by atoms with Crippen molar-refractivity contribution in [1.29, 1.82) is 0 Å². The van der Waals surface area contributed by atoms with Gasteiger partial charge in [0.05, 0.1) is 0 Å². The molecular weight excluding hydrogens is 104 g/mol. The van der Waals surface area contributed by atoms with Crippen molar-refractivity contribution in [3.63, 3.8) is 0 Å². The third-order valence-electron chi connectivity index (χ3n) is 0.407. The van der Waals surface area contributed by atoms with Gasteiger partial charge < -0.3 is 9.90 Å². The van der Waals surface area contributed by atoms with Gasteiger partial charge in [0.15, 0.2) is 0 Å². The maximum absolute atomic E-state index is 9.40. The Hall–Kier alpha value is -0.370. The fourth-order valence-corrected chi connectivity index (χ4v) is 0.118. The zero-order valence-electron chi connectivity index (χ0n) is 5.55. The summed E-state index contributed by atoms with van der Waals surface area (Å²) < 4.78 is 0. The van der Waals surface area contributed by atoms with Crippen molar-refractivity contribution < 1.29 is 9.90 Å². The van der Waals surface area contributed by atoms with Gasteiger partial charge in [-0.05, 0) is 13.3 Å². The summed E-state index contributed by atoms with van der Waals surface area (Å²) in [5.74, 6) is 0. The molecule has 1 N–H and O–H groups in total. The lowest BCUT2D eigenvalue weighted by Crippen LogP contribution is -1.64. The molecule has 0 aliphatic carbocycles. The van der Waals surface area contributed by atoms with E-state index < -0.39 is 0 Å². The van der Waals surface area contributed by atoms with Crippen LogP contribution in [0.3, 0.4) is 0 Å². The molecule has 0 amide bonds. The first-order valence-corrected chi connectivity index (χ1v) is 2.87. The fourth-order valence-electron chi connectivity index (χ4n) is 0.118. The van der Waals surface area contributed by atoms with E-state index in [4.69, 9.17) is 5.11 Å². The van der Waals surface area contributed by atoms with Gasteiger partial charge in [-0.2, -0.15) is 0 Å². The lowest BCUT2D eigenvalue weighted by molar-refractivity contribution is -0.107. The molecule has 0 bridgehead atoms. The van der Waals surface area contributed by atoms with Crippen molar-refractivity contribution in [2.45, 2.75) is 26.7 Å². The van der Waals surface area contributed by atoms with Crippen LogP contribution < -0.4 is 0 Å². The van der Waals surface area contributed by atoms with Crippen LogP contribution in [0.15, 0.2) is 0 Å². The summed E-state index contributed by atoms with van der Waals surface area (Å²) in [6, 6.07) is 0. The van der Waals surface area contributed by atoms with Gasteiger partial charge in [-0.3, -0.25) is 0 Å². The Morgan fingerprint density at radius 1 is 1.50 bits per heavy atom. The van der Waals surface area contributed by atoms with Crippen LogP contribution in [0.1, 0.15) is 26.7 Å². The maximum Gasteiger partial charge on any atom is 0.119 e. The first-order chi connectivity index (χ1) is 3.83. The molecule has 2 heteroatoms.